The van der Waals surface area contributed by atoms with Crippen molar-refractivity contribution in [3.63, 3.8) is 0 Å². The predicted octanol–water partition coefficient (Wildman–Crippen LogP) is 1.55. The van der Waals surface area contributed by atoms with E-state index in [0.29, 0.717) is 30.8 Å². The summed E-state index contributed by atoms with van der Waals surface area (Å²) in [5.74, 6) is -0.110. The molecule has 1 aromatic heterocycles. The van der Waals surface area contributed by atoms with E-state index in [0.717, 1.165) is 5.56 Å². The number of amides is 1. The Bertz CT molecular complexity index is 694. The van der Waals surface area contributed by atoms with Crippen LogP contribution in [0.4, 0.5) is 11.4 Å². The Balaban J connectivity index is 1.83. The lowest BCUT2D eigenvalue weighted by atomic mass is 10.2. The molecule has 0 aliphatic carbocycles. The Labute approximate surface area is 122 Å². The number of nitrogens with zero attached hydrogens (tertiary/aromatic N) is 2. The number of nitrogen functional groups attached to an aromatic ring is 1. The van der Waals surface area contributed by atoms with Gasteiger partial charge in [-0.3, -0.25) is 9.59 Å². The number of hydrogen-bond donors (Lipinski definition) is 2. The number of rotatable bonds is 5. The molecule has 0 aliphatic rings. The summed E-state index contributed by atoms with van der Waals surface area (Å²) in [5.41, 5.74) is 7.60. The topological polar surface area (TPSA) is 90.0 Å². The number of carbonyl (C=O) groups is 1. The Morgan fingerprint density at radius 3 is 2.90 bits per heavy atom. The monoisotopic (exact) mass is 286 g/mol. The molecule has 1 amide bonds. The normalized spacial score (nSPS) is 10.3. The second kappa shape index (κ2) is 6.69. The molecule has 6 heteroatoms. The van der Waals surface area contributed by atoms with Crippen LogP contribution in [0.2, 0.25) is 0 Å². The van der Waals surface area contributed by atoms with Crippen molar-refractivity contribution in [2.75, 3.05) is 11.1 Å². The molecule has 0 fully saturated rings. The Kier molecular flexibility index (Phi) is 4.71. The van der Waals surface area contributed by atoms with Gasteiger partial charge in [0, 0.05) is 30.4 Å². The number of aromatic nitrogens is 2. The molecule has 0 bridgehead atoms. The van der Waals surface area contributed by atoms with Gasteiger partial charge >= 0.3 is 0 Å². The van der Waals surface area contributed by atoms with Crippen molar-refractivity contribution in [2.24, 2.45) is 0 Å². The van der Waals surface area contributed by atoms with Gasteiger partial charge < -0.3 is 11.1 Å². The van der Waals surface area contributed by atoms with Crippen LogP contribution in [0.3, 0.4) is 0 Å². The highest BCUT2D eigenvalue weighted by atomic mass is 16.1. The van der Waals surface area contributed by atoms with Crippen molar-refractivity contribution < 1.29 is 4.79 Å². The van der Waals surface area contributed by atoms with E-state index < -0.39 is 0 Å². The number of hydrogen-bond acceptors (Lipinski definition) is 4. The largest absolute Gasteiger partial charge is 0.399 e. The molecule has 0 spiro atoms. The first kappa shape index (κ1) is 14.8. The highest BCUT2D eigenvalue weighted by Gasteiger charge is 2.04. The van der Waals surface area contributed by atoms with Gasteiger partial charge in [0.15, 0.2) is 0 Å². The first-order valence-electron chi connectivity index (χ1n) is 6.74. The van der Waals surface area contributed by atoms with E-state index in [1.165, 1.54) is 10.7 Å². The van der Waals surface area contributed by atoms with E-state index in [4.69, 9.17) is 5.73 Å². The predicted molar refractivity (Wildman–Crippen MR) is 82.0 cm³/mol. The van der Waals surface area contributed by atoms with Crippen molar-refractivity contribution >= 4 is 17.3 Å². The average molecular weight is 286 g/mol. The van der Waals surface area contributed by atoms with Crippen LogP contribution in [0, 0.1) is 6.92 Å². The van der Waals surface area contributed by atoms with E-state index in [2.05, 4.69) is 10.4 Å². The molecule has 3 N–H and O–H groups in total. The number of nitrogens with one attached hydrogen (secondary N) is 1. The molecule has 0 aliphatic heterocycles. The molecule has 110 valence electrons. The molecule has 21 heavy (non-hydrogen) atoms. The fraction of sp³-hybridized carbons (Fsp3) is 0.267. The van der Waals surface area contributed by atoms with E-state index in [1.807, 2.05) is 6.92 Å². The molecular formula is C15H18N4O2. The lowest BCUT2D eigenvalue weighted by Crippen LogP contribution is -2.23. The molecule has 2 aromatic rings. The Morgan fingerprint density at radius 1 is 1.38 bits per heavy atom. The highest BCUT2D eigenvalue weighted by Crippen LogP contribution is 2.12. The maximum Gasteiger partial charge on any atom is 0.266 e. The van der Waals surface area contributed by atoms with Gasteiger partial charge in [-0.05, 0) is 37.1 Å². The Morgan fingerprint density at radius 2 is 2.19 bits per heavy atom. The standard InChI is InChI=1S/C15H18N4O2/c1-11-8-15(21)19(17-10-11)7-3-6-14(20)18-13-5-2-4-12(16)9-13/h2,4-5,8-10H,3,6-7,16H2,1H3,(H,18,20). The molecular weight excluding hydrogens is 268 g/mol. The first-order valence-corrected chi connectivity index (χ1v) is 6.74. The number of carbonyl (C=O) groups excluding carboxylic acids is 1. The van der Waals surface area contributed by atoms with E-state index >= 15 is 0 Å². The molecule has 0 saturated heterocycles. The SMILES string of the molecule is Cc1cnn(CCCC(=O)Nc2cccc(N)c2)c(=O)c1. The molecule has 1 heterocycles. The van der Waals surface area contributed by atoms with Crippen molar-refractivity contribution in [1.82, 2.24) is 9.78 Å². The van der Waals surface area contributed by atoms with Gasteiger partial charge in [0.05, 0.1) is 6.20 Å². The van der Waals surface area contributed by atoms with E-state index in [-0.39, 0.29) is 11.5 Å². The third-order valence-electron chi connectivity index (χ3n) is 2.95. The minimum Gasteiger partial charge on any atom is -0.399 e. The lowest BCUT2D eigenvalue weighted by molar-refractivity contribution is -0.116. The van der Waals surface area contributed by atoms with Crippen molar-refractivity contribution in [3.05, 3.63) is 52.4 Å². The van der Waals surface area contributed by atoms with Crippen LogP contribution in [-0.4, -0.2) is 15.7 Å². The summed E-state index contributed by atoms with van der Waals surface area (Å²) in [6, 6.07) is 8.54. The highest BCUT2D eigenvalue weighted by molar-refractivity contribution is 5.91. The van der Waals surface area contributed by atoms with Gasteiger partial charge in [0.1, 0.15) is 0 Å². The number of aryl methyl sites for hydroxylation is 2. The molecule has 2 rings (SSSR count). The quantitative estimate of drug-likeness (QED) is 0.816. The fourth-order valence-corrected chi connectivity index (χ4v) is 1.92. The van der Waals surface area contributed by atoms with Crippen LogP contribution in [0.15, 0.2) is 41.3 Å². The Hall–Kier alpha value is -2.63. The molecule has 6 nitrogen and oxygen atoms in total. The van der Waals surface area contributed by atoms with Gasteiger partial charge in [-0.15, -0.1) is 0 Å². The van der Waals surface area contributed by atoms with Crippen LogP contribution in [-0.2, 0) is 11.3 Å². The van der Waals surface area contributed by atoms with Gasteiger partial charge in [-0.2, -0.15) is 5.10 Å². The van der Waals surface area contributed by atoms with Crippen LogP contribution < -0.4 is 16.6 Å². The second-order valence-electron chi connectivity index (χ2n) is 4.87. The molecule has 0 radical (unpaired) electrons. The average Bonchev–Trinajstić information content (AvgIpc) is 2.41. The van der Waals surface area contributed by atoms with Crippen molar-refractivity contribution in [2.45, 2.75) is 26.3 Å². The molecule has 1 aromatic carbocycles. The molecule has 0 saturated carbocycles. The van der Waals surface area contributed by atoms with Gasteiger partial charge in [-0.1, -0.05) is 6.07 Å². The fourth-order valence-electron chi connectivity index (χ4n) is 1.92. The first-order chi connectivity index (χ1) is 10.0. The third-order valence-corrected chi connectivity index (χ3v) is 2.95. The summed E-state index contributed by atoms with van der Waals surface area (Å²) in [4.78, 5) is 23.4. The number of nitrogens with two attached hydrogens (primary N) is 1. The molecule has 0 unspecified atom stereocenters. The minimum atomic E-state index is -0.147. The summed E-state index contributed by atoms with van der Waals surface area (Å²) >= 11 is 0. The smallest absolute Gasteiger partial charge is 0.266 e. The van der Waals surface area contributed by atoms with E-state index in [1.54, 1.807) is 30.5 Å². The zero-order valence-corrected chi connectivity index (χ0v) is 11.9. The van der Waals surface area contributed by atoms with Crippen LogP contribution in [0.1, 0.15) is 18.4 Å². The number of anilines is 2. The maximum absolute atomic E-state index is 11.8. The summed E-state index contributed by atoms with van der Waals surface area (Å²) in [5, 5.41) is 6.79. The van der Waals surface area contributed by atoms with Crippen LogP contribution in [0.5, 0.6) is 0 Å². The third kappa shape index (κ3) is 4.45. The summed E-state index contributed by atoms with van der Waals surface area (Å²) in [6.45, 7) is 2.24. The molecule has 0 atom stereocenters. The van der Waals surface area contributed by atoms with E-state index in [9.17, 15) is 9.59 Å². The van der Waals surface area contributed by atoms with Crippen molar-refractivity contribution in [3.8, 4) is 0 Å². The number of benzene rings is 1. The van der Waals surface area contributed by atoms with Crippen LogP contribution >= 0.6 is 0 Å². The van der Waals surface area contributed by atoms with Gasteiger partial charge in [0.2, 0.25) is 5.91 Å². The van der Waals surface area contributed by atoms with Crippen LogP contribution in [0.25, 0.3) is 0 Å². The minimum absolute atomic E-state index is 0.110. The zero-order chi connectivity index (χ0) is 15.2. The summed E-state index contributed by atoms with van der Waals surface area (Å²) in [7, 11) is 0. The van der Waals surface area contributed by atoms with Gasteiger partial charge in [0.25, 0.3) is 5.56 Å². The lowest BCUT2D eigenvalue weighted by Gasteiger charge is -2.07. The van der Waals surface area contributed by atoms with Gasteiger partial charge in [-0.25, -0.2) is 4.68 Å². The summed E-state index contributed by atoms with van der Waals surface area (Å²) < 4.78 is 1.36. The zero-order valence-electron chi connectivity index (χ0n) is 11.9. The maximum atomic E-state index is 11.8. The van der Waals surface area contributed by atoms with Crippen molar-refractivity contribution in [1.29, 1.82) is 0 Å². The second-order valence-corrected chi connectivity index (χ2v) is 4.87. The summed E-state index contributed by atoms with van der Waals surface area (Å²) in [6.07, 6.45) is 2.50.